The van der Waals surface area contributed by atoms with E-state index in [0.717, 1.165) is 11.0 Å². The van der Waals surface area contributed by atoms with Crippen molar-refractivity contribution in [2.45, 2.75) is 32.8 Å². The number of aromatic nitrogens is 1. The molecule has 0 bridgehead atoms. The molecular formula is C20H18F3N3O2. The van der Waals surface area contributed by atoms with E-state index in [1.54, 1.807) is 19.1 Å². The summed E-state index contributed by atoms with van der Waals surface area (Å²) >= 11 is 0. The molecule has 1 saturated heterocycles. The molecule has 0 N–H and O–H groups in total. The van der Waals surface area contributed by atoms with Gasteiger partial charge in [0, 0.05) is 17.3 Å². The molecule has 2 heterocycles. The van der Waals surface area contributed by atoms with E-state index in [9.17, 15) is 18.0 Å². The van der Waals surface area contributed by atoms with Crippen molar-refractivity contribution < 1.29 is 22.7 Å². The second-order valence-electron chi connectivity index (χ2n) is 7.01. The molecule has 5 nitrogen and oxygen atoms in total. The van der Waals surface area contributed by atoms with Crippen LogP contribution < -0.4 is 4.74 Å². The minimum atomic E-state index is -2.95. The monoisotopic (exact) mass is 389 g/mol. The van der Waals surface area contributed by atoms with Crippen molar-refractivity contribution in [2.24, 2.45) is 0 Å². The highest BCUT2D eigenvalue weighted by Gasteiger charge is 2.47. The van der Waals surface area contributed by atoms with E-state index >= 15 is 0 Å². The Morgan fingerprint density at radius 2 is 1.96 bits per heavy atom. The van der Waals surface area contributed by atoms with Crippen LogP contribution in [-0.2, 0) is 0 Å². The third kappa shape index (κ3) is 3.93. The Morgan fingerprint density at radius 3 is 2.54 bits per heavy atom. The van der Waals surface area contributed by atoms with Crippen molar-refractivity contribution in [3.8, 4) is 23.1 Å². The summed E-state index contributed by atoms with van der Waals surface area (Å²) in [6.45, 7) is 3.84. The Morgan fingerprint density at radius 1 is 1.29 bits per heavy atom. The number of carbonyl (C=O) groups is 1. The molecule has 1 aliphatic rings. The van der Waals surface area contributed by atoms with Crippen LogP contribution in [0.25, 0.3) is 11.1 Å². The summed E-state index contributed by atoms with van der Waals surface area (Å²) in [5.74, 6) is -4.25. The number of alkyl halides is 2. The van der Waals surface area contributed by atoms with Crippen molar-refractivity contribution >= 4 is 5.91 Å². The van der Waals surface area contributed by atoms with Gasteiger partial charge in [0.1, 0.15) is 5.82 Å². The van der Waals surface area contributed by atoms with Gasteiger partial charge in [-0.3, -0.25) is 4.79 Å². The van der Waals surface area contributed by atoms with Gasteiger partial charge >= 0.3 is 0 Å². The Labute approximate surface area is 160 Å². The molecule has 2 aromatic rings. The number of nitriles is 1. The average molecular weight is 389 g/mol. The Hall–Kier alpha value is -3.08. The summed E-state index contributed by atoms with van der Waals surface area (Å²) in [5, 5.41) is 9.12. The second kappa shape index (κ2) is 7.15. The summed E-state index contributed by atoms with van der Waals surface area (Å²) in [5.41, 5.74) is 0.569. The molecule has 1 fully saturated rings. The van der Waals surface area contributed by atoms with Crippen LogP contribution in [0.1, 0.15) is 35.5 Å². The lowest BCUT2D eigenvalue weighted by atomic mass is 9.95. The predicted octanol–water partition coefficient (Wildman–Crippen LogP) is 3.95. The van der Waals surface area contributed by atoms with Crippen LogP contribution in [0.2, 0.25) is 0 Å². The summed E-state index contributed by atoms with van der Waals surface area (Å²) in [6.07, 6.45) is -0.169. The standard InChI is InChI=1S/C20H18F3N3O2/c1-11(2)28-17-7-14(4-12(3)25-17)18-15(5-13(8-24)6-16(18)21)19(27)26-9-20(22,23)10-26/h4-7,11H,9-10H2,1-3H3. The van der Waals surface area contributed by atoms with Gasteiger partial charge < -0.3 is 9.64 Å². The third-order valence-electron chi connectivity index (χ3n) is 4.16. The number of hydrogen-bond donors (Lipinski definition) is 0. The molecule has 1 amide bonds. The SMILES string of the molecule is Cc1cc(-c2c(F)cc(C#N)cc2C(=O)N2CC(F)(F)C2)cc(OC(C)C)n1. The molecule has 1 aromatic heterocycles. The molecule has 28 heavy (non-hydrogen) atoms. The fourth-order valence-electron chi connectivity index (χ4n) is 3.04. The number of nitrogens with zero attached hydrogens (tertiary/aromatic N) is 3. The first kappa shape index (κ1) is 19.7. The number of ether oxygens (including phenoxy) is 1. The van der Waals surface area contributed by atoms with E-state index in [2.05, 4.69) is 4.98 Å². The zero-order valence-corrected chi connectivity index (χ0v) is 15.6. The maximum Gasteiger partial charge on any atom is 0.282 e. The molecule has 0 unspecified atom stereocenters. The van der Waals surface area contributed by atoms with Crippen LogP contribution in [0, 0.1) is 24.1 Å². The maximum atomic E-state index is 14.9. The number of rotatable bonds is 4. The zero-order chi connectivity index (χ0) is 20.6. The minimum absolute atomic E-state index is 0.0682. The van der Waals surface area contributed by atoms with Crippen LogP contribution in [0.5, 0.6) is 5.88 Å². The fraction of sp³-hybridized carbons (Fsp3) is 0.350. The van der Waals surface area contributed by atoms with E-state index in [1.807, 2.05) is 13.8 Å². The van der Waals surface area contributed by atoms with Crippen LogP contribution in [0.3, 0.4) is 0 Å². The van der Waals surface area contributed by atoms with E-state index < -0.39 is 30.7 Å². The molecular weight excluding hydrogens is 371 g/mol. The molecule has 1 aliphatic heterocycles. The van der Waals surface area contributed by atoms with E-state index in [-0.39, 0.29) is 28.7 Å². The van der Waals surface area contributed by atoms with Gasteiger partial charge in [-0.1, -0.05) is 0 Å². The van der Waals surface area contributed by atoms with Gasteiger partial charge in [-0.05, 0) is 44.5 Å². The third-order valence-corrected chi connectivity index (χ3v) is 4.16. The zero-order valence-electron chi connectivity index (χ0n) is 15.6. The van der Waals surface area contributed by atoms with Crippen LogP contribution in [0.4, 0.5) is 13.2 Å². The molecule has 0 atom stereocenters. The molecule has 146 valence electrons. The molecule has 0 spiro atoms. The van der Waals surface area contributed by atoms with Crippen molar-refractivity contribution in [3.63, 3.8) is 0 Å². The number of amides is 1. The van der Waals surface area contributed by atoms with Gasteiger partial charge in [0.25, 0.3) is 11.8 Å². The van der Waals surface area contributed by atoms with Crippen molar-refractivity contribution in [2.75, 3.05) is 13.1 Å². The van der Waals surface area contributed by atoms with Crippen molar-refractivity contribution in [1.82, 2.24) is 9.88 Å². The molecule has 0 aliphatic carbocycles. The Balaban J connectivity index is 2.12. The molecule has 0 saturated carbocycles. The predicted molar refractivity (Wildman–Crippen MR) is 95.7 cm³/mol. The molecule has 1 aromatic carbocycles. The van der Waals surface area contributed by atoms with Gasteiger partial charge in [0.2, 0.25) is 5.88 Å². The number of likely N-dealkylation sites (tertiary alicyclic amines) is 1. The lowest BCUT2D eigenvalue weighted by Gasteiger charge is -2.39. The van der Waals surface area contributed by atoms with Gasteiger partial charge in [-0.2, -0.15) is 5.26 Å². The largest absolute Gasteiger partial charge is 0.475 e. The first-order valence-electron chi connectivity index (χ1n) is 8.66. The minimum Gasteiger partial charge on any atom is -0.475 e. The first-order chi connectivity index (χ1) is 13.1. The Bertz CT molecular complexity index is 975. The second-order valence-corrected chi connectivity index (χ2v) is 7.01. The number of benzene rings is 1. The lowest BCUT2D eigenvalue weighted by molar-refractivity contribution is -0.113. The van der Waals surface area contributed by atoms with E-state index in [1.165, 1.54) is 12.1 Å². The first-order valence-corrected chi connectivity index (χ1v) is 8.66. The summed E-state index contributed by atoms with van der Waals surface area (Å²) in [6, 6.07) is 7.07. The number of aryl methyl sites for hydroxylation is 1. The normalized spacial score (nSPS) is 15.1. The van der Waals surface area contributed by atoms with Gasteiger partial charge in [0.05, 0.1) is 36.4 Å². The van der Waals surface area contributed by atoms with Gasteiger partial charge in [-0.25, -0.2) is 18.2 Å². The van der Waals surface area contributed by atoms with E-state index in [0.29, 0.717) is 11.3 Å². The lowest BCUT2D eigenvalue weighted by Crippen LogP contribution is -2.58. The highest BCUT2D eigenvalue weighted by atomic mass is 19.3. The van der Waals surface area contributed by atoms with Crippen molar-refractivity contribution in [1.29, 1.82) is 5.26 Å². The highest BCUT2D eigenvalue weighted by molar-refractivity contribution is 6.02. The summed E-state index contributed by atoms with van der Waals surface area (Å²) < 4.78 is 46.8. The molecule has 0 radical (unpaired) electrons. The summed E-state index contributed by atoms with van der Waals surface area (Å²) in [7, 11) is 0. The van der Waals surface area contributed by atoms with E-state index in [4.69, 9.17) is 10.00 Å². The molecule has 8 heteroatoms. The smallest absolute Gasteiger partial charge is 0.282 e. The number of halogens is 3. The number of pyridine rings is 1. The average Bonchev–Trinajstić information content (AvgIpc) is 2.56. The van der Waals surface area contributed by atoms with Gasteiger partial charge in [-0.15, -0.1) is 0 Å². The van der Waals surface area contributed by atoms with Crippen LogP contribution in [-0.4, -0.2) is 40.9 Å². The Kier molecular flexibility index (Phi) is 5.02. The number of carbonyl (C=O) groups excluding carboxylic acids is 1. The summed E-state index contributed by atoms with van der Waals surface area (Å²) in [4.78, 5) is 17.9. The molecule has 3 rings (SSSR count). The van der Waals surface area contributed by atoms with Crippen molar-refractivity contribution in [3.05, 3.63) is 46.9 Å². The fourth-order valence-corrected chi connectivity index (χ4v) is 3.04. The maximum absolute atomic E-state index is 14.9. The quantitative estimate of drug-likeness (QED) is 0.794. The number of hydrogen-bond acceptors (Lipinski definition) is 4. The topological polar surface area (TPSA) is 66.2 Å². The van der Waals surface area contributed by atoms with Crippen LogP contribution >= 0.6 is 0 Å². The highest BCUT2D eigenvalue weighted by Crippen LogP contribution is 2.34. The van der Waals surface area contributed by atoms with Crippen LogP contribution in [0.15, 0.2) is 24.3 Å². The van der Waals surface area contributed by atoms with Gasteiger partial charge in [0.15, 0.2) is 0 Å².